The number of rotatable bonds is 8. The van der Waals surface area contributed by atoms with Crippen molar-refractivity contribution in [3.05, 3.63) is 24.3 Å². The van der Waals surface area contributed by atoms with Gasteiger partial charge in [-0.1, -0.05) is 26.2 Å². The molecule has 0 heterocycles. The highest BCUT2D eigenvalue weighted by atomic mass is 32.2. The van der Waals surface area contributed by atoms with E-state index in [2.05, 4.69) is 22.5 Å². The first-order valence-corrected chi connectivity index (χ1v) is 11.6. The van der Waals surface area contributed by atoms with Gasteiger partial charge in [-0.25, -0.2) is 8.42 Å². The third kappa shape index (κ3) is 7.79. The largest absolute Gasteiger partial charge is 0.492 e. The van der Waals surface area contributed by atoms with E-state index < -0.39 is 9.84 Å². The Kier molecular flexibility index (Phi) is 8.41. The van der Waals surface area contributed by atoms with Gasteiger partial charge in [0, 0.05) is 19.8 Å². The second kappa shape index (κ2) is 10.5. The van der Waals surface area contributed by atoms with Crippen molar-refractivity contribution in [2.75, 3.05) is 33.0 Å². The van der Waals surface area contributed by atoms with Crippen LogP contribution in [0.4, 0.5) is 0 Å². The molecule has 0 spiro atoms. The van der Waals surface area contributed by atoms with Crippen molar-refractivity contribution in [1.29, 1.82) is 0 Å². The second-order valence-electron chi connectivity index (χ2n) is 7.44. The molecule has 2 unspecified atom stereocenters. The standard InChI is InChI=1S/C20H33N3O3S/c1-16-5-4-6-17(15-16)11-12-22-20(21-2)23-13-14-26-18-7-9-19(10-8-18)27(3,24)25/h7-10,16-17H,4-6,11-15H2,1-3H3,(H2,21,22,23). The van der Waals surface area contributed by atoms with Crippen molar-refractivity contribution in [2.45, 2.75) is 43.9 Å². The zero-order valence-corrected chi connectivity index (χ0v) is 17.5. The highest BCUT2D eigenvalue weighted by Crippen LogP contribution is 2.30. The van der Waals surface area contributed by atoms with Gasteiger partial charge in [0.15, 0.2) is 15.8 Å². The van der Waals surface area contributed by atoms with E-state index >= 15 is 0 Å². The Bertz CT molecular complexity index is 702. The summed E-state index contributed by atoms with van der Waals surface area (Å²) in [4.78, 5) is 4.54. The summed E-state index contributed by atoms with van der Waals surface area (Å²) in [5, 5.41) is 6.61. The number of hydrogen-bond acceptors (Lipinski definition) is 4. The molecule has 7 heteroatoms. The molecule has 0 saturated heterocycles. The maximum absolute atomic E-state index is 11.4. The molecule has 2 rings (SSSR count). The molecular weight excluding hydrogens is 362 g/mol. The molecule has 0 bridgehead atoms. The fourth-order valence-corrected chi connectivity index (χ4v) is 4.19. The Balaban J connectivity index is 1.63. The van der Waals surface area contributed by atoms with E-state index in [9.17, 15) is 8.42 Å². The topological polar surface area (TPSA) is 79.8 Å². The van der Waals surface area contributed by atoms with E-state index in [4.69, 9.17) is 4.74 Å². The first-order valence-electron chi connectivity index (χ1n) is 9.76. The second-order valence-corrected chi connectivity index (χ2v) is 9.46. The zero-order chi connectivity index (χ0) is 19.7. The van der Waals surface area contributed by atoms with Gasteiger partial charge in [0.25, 0.3) is 0 Å². The minimum absolute atomic E-state index is 0.296. The van der Waals surface area contributed by atoms with Crippen molar-refractivity contribution in [2.24, 2.45) is 16.8 Å². The van der Waals surface area contributed by atoms with E-state index in [-0.39, 0.29) is 0 Å². The van der Waals surface area contributed by atoms with Crippen molar-refractivity contribution in [1.82, 2.24) is 10.6 Å². The van der Waals surface area contributed by atoms with E-state index in [1.165, 1.54) is 38.4 Å². The van der Waals surface area contributed by atoms with Gasteiger partial charge in [-0.2, -0.15) is 0 Å². The smallest absolute Gasteiger partial charge is 0.191 e. The predicted molar refractivity (Wildman–Crippen MR) is 110 cm³/mol. The zero-order valence-electron chi connectivity index (χ0n) is 16.7. The van der Waals surface area contributed by atoms with E-state index in [0.29, 0.717) is 23.8 Å². The Hall–Kier alpha value is -1.76. The number of sulfone groups is 1. The lowest BCUT2D eigenvalue weighted by molar-refractivity contribution is 0.270. The SMILES string of the molecule is CN=C(NCCOc1ccc(S(C)(=O)=O)cc1)NCCC1CCCC(C)C1. The summed E-state index contributed by atoms with van der Waals surface area (Å²) in [5.41, 5.74) is 0. The number of ether oxygens (including phenoxy) is 1. The van der Waals surface area contributed by atoms with Gasteiger partial charge >= 0.3 is 0 Å². The summed E-state index contributed by atoms with van der Waals surface area (Å²) >= 11 is 0. The lowest BCUT2D eigenvalue weighted by Gasteiger charge is -2.26. The van der Waals surface area contributed by atoms with E-state index in [1.807, 2.05) is 0 Å². The van der Waals surface area contributed by atoms with Crippen LogP contribution in [0.1, 0.15) is 39.0 Å². The van der Waals surface area contributed by atoms with Crippen molar-refractivity contribution < 1.29 is 13.2 Å². The molecule has 1 aliphatic carbocycles. The fourth-order valence-electron chi connectivity index (χ4n) is 3.56. The van der Waals surface area contributed by atoms with Crippen LogP contribution in [-0.2, 0) is 9.84 Å². The molecule has 1 aliphatic rings. The highest BCUT2D eigenvalue weighted by Gasteiger charge is 2.18. The van der Waals surface area contributed by atoms with Gasteiger partial charge in [0.05, 0.1) is 11.4 Å². The Morgan fingerprint density at radius 1 is 1.19 bits per heavy atom. The van der Waals surface area contributed by atoms with Crippen molar-refractivity contribution in [3.63, 3.8) is 0 Å². The maximum Gasteiger partial charge on any atom is 0.191 e. The number of nitrogens with zero attached hydrogens (tertiary/aromatic N) is 1. The molecule has 0 radical (unpaired) electrons. The number of nitrogens with one attached hydrogen (secondary N) is 2. The van der Waals surface area contributed by atoms with Gasteiger partial charge in [0.2, 0.25) is 0 Å². The quantitative estimate of drug-likeness (QED) is 0.402. The third-order valence-electron chi connectivity index (χ3n) is 5.03. The fraction of sp³-hybridized carbons (Fsp3) is 0.650. The monoisotopic (exact) mass is 395 g/mol. The van der Waals surface area contributed by atoms with Crippen LogP contribution >= 0.6 is 0 Å². The van der Waals surface area contributed by atoms with Gasteiger partial charge in [-0.05, 0) is 48.9 Å². The van der Waals surface area contributed by atoms with Crippen LogP contribution in [-0.4, -0.2) is 47.4 Å². The van der Waals surface area contributed by atoms with Gasteiger partial charge in [-0.3, -0.25) is 4.99 Å². The minimum atomic E-state index is -3.17. The number of benzene rings is 1. The molecule has 1 fully saturated rings. The van der Waals surface area contributed by atoms with Gasteiger partial charge in [-0.15, -0.1) is 0 Å². The average molecular weight is 396 g/mol. The lowest BCUT2D eigenvalue weighted by atomic mass is 9.81. The minimum Gasteiger partial charge on any atom is -0.492 e. The molecular formula is C20H33N3O3S. The highest BCUT2D eigenvalue weighted by molar-refractivity contribution is 7.90. The summed E-state index contributed by atoms with van der Waals surface area (Å²) in [5.74, 6) is 3.14. The van der Waals surface area contributed by atoms with Gasteiger partial charge < -0.3 is 15.4 Å². The summed E-state index contributed by atoms with van der Waals surface area (Å²) in [7, 11) is -1.40. The third-order valence-corrected chi connectivity index (χ3v) is 6.16. The molecule has 152 valence electrons. The summed E-state index contributed by atoms with van der Waals surface area (Å²) in [6.45, 7) is 4.38. The Morgan fingerprint density at radius 2 is 1.89 bits per heavy atom. The van der Waals surface area contributed by atoms with Crippen LogP contribution in [0.15, 0.2) is 34.2 Å². The number of guanidine groups is 1. The van der Waals surface area contributed by atoms with Crippen LogP contribution in [0.2, 0.25) is 0 Å². The Labute approximate surface area is 163 Å². The van der Waals surface area contributed by atoms with E-state index in [1.54, 1.807) is 31.3 Å². The predicted octanol–water partition coefficient (Wildman–Crippen LogP) is 2.85. The first-order chi connectivity index (χ1) is 12.9. The number of aliphatic imine (C=N–C) groups is 1. The molecule has 6 nitrogen and oxygen atoms in total. The maximum atomic E-state index is 11.4. The molecule has 0 aromatic heterocycles. The number of hydrogen-bond donors (Lipinski definition) is 2. The van der Waals surface area contributed by atoms with Gasteiger partial charge in [0.1, 0.15) is 12.4 Å². The Morgan fingerprint density at radius 3 is 2.52 bits per heavy atom. The lowest BCUT2D eigenvalue weighted by Crippen LogP contribution is -2.40. The van der Waals surface area contributed by atoms with Crippen LogP contribution in [0, 0.1) is 11.8 Å². The van der Waals surface area contributed by atoms with Crippen molar-refractivity contribution >= 4 is 15.8 Å². The molecule has 1 saturated carbocycles. The normalized spacial score (nSPS) is 20.9. The summed E-state index contributed by atoms with van der Waals surface area (Å²) in [6.07, 6.45) is 7.82. The van der Waals surface area contributed by atoms with Crippen LogP contribution in [0.25, 0.3) is 0 Å². The van der Waals surface area contributed by atoms with Crippen LogP contribution in [0.3, 0.4) is 0 Å². The molecule has 27 heavy (non-hydrogen) atoms. The molecule has 1 aromatic rings. The average Bonchev–Trinajstić information content (AvgIpc) is 2.63. The molecule has 0 amide bonds. The molecule has 1 aromatic carbocycles. The van der Waals surface area contributed by atoms with E-state index in [0.717, 1.165) is 24.3 Å². The van der Waals surface area contributed by atoms with Crippen LogP contribution < -0.4 is 15.4 Å². The van der Waals surface area contributed by atoms with Crippen molar-refractivity contribution in [3.8, 4) is 5.75 Å². The van der Waals surface area contributed by atoms with Crippen LogP contribution in [0.5, 0.6) is 5.75 Å². The summed E-state index contributed by atoms with van der Waals surface area (Å²) in [6, 6.07) is 6.47. The molecule has 2 N–H and O–H groups in total. The molecule has 2 atom stereocenters. The summed E-state index contributed by atoms with van der Waals surface area (Å²) < 4.78 is 28.5. The first kappa shape index (κ1) is 21.5. The molecule has 0 aliphatic heterocycles.